The van der Waals surface area contributed by atoms with Gasteiger partial charge in [-0.3, -0.25) is 9.69 Å². The highest BCUT2D eigenvalue weighted by Gasteiger charge is 2.17. The van der Waals surface area contributed by atoms with E-state index >= 15 is 0 Å². The fourth-order valence-electron chi connectivity index (χ4n) is 4.41. The Labute approximate surface area is 202 Å². The van der Waals surface area contributed by atoms with Gasteiger partial charge in [0.25, 0.3) is 5.89 Å². The van der Waals surface area contributed by atoms with Gasteiger partial charge in [0, 0.05) is 34.0 Å². The van der Waals surface area contributed by atoms with Crippen LogP contribution >= 0.6 is 11.3 Å². The van der Waals surface area contributed by atoms with Crippen LogP contribution in [0.2, 0.25) is 0 Å². The lowest BCUT2D eigenvalue weighted by atomic mass is 10.1. The third-order valence-corrected chi connectivity index (χ3v) is 6.69. The Bertz CT molecular complexity index is 1420. The molecule has 5 aromatic rings. The van der Waals surface area contributed by atoms with E-state index in [-0.39, 0.29) is 12.5 Å². The average molecular weight is 474 g/mol. The first-order valence-electron chi connectivity index (χ1n) is 11.6. The first-order valence-corrected chi connectivity index (χ1v) is 12.4. The van der Waals surface area contributed by atoms with E-state index < -0.39 is 0 Å². The Hall–Kier alpha value is -3.49. The third kappa shape index (κ3) is 4.47. The van der Waals surface area contributed by atoms with Gasteiger partial charge in [-0.25, -0.2) is 0 Å². The largest absolute Gasteiger partial charge is 0.419 e. The maximum absolute atomic E-state index is 12.9. The predicted molar refractivity (Wildman–Crippen MR) is 137 cm³/mol. The second-order valence-electron chi connectivity index (χ2n) is 8.23. The summed E-state index contributed by atoms with van der Waals surface area (Å²) in [5.74, 6) is 0.967. The van der Waals surface area contributed by atoms with Crippen LogP contribution in [-0.4, -0.2) is 38.7 Å². The van der Waals surface area contributed by atoms with Crippen molar-refractivity contribution in [1.29, 1.82) is 0 Å². The standard InChI is InChI=1S/C26H27N5O2S/c1-3-13-30(17-25-28-29-26(33-25)23-10-7-14-34-23)16-24(32)27-18-11-12-22-20(15-18)19-8-5-6-9-21(19)31(22)4-2/h5-12,14-15H,3-4,13,16-17H2,1-2H3,(H,27,32). The molecule has 0 saturated heterocycles. The van der Waals surface area contributed by atoms with E-state index in [0.29, 0.717) is 18.3 Å². The molecule has 8 heteroatoms. The Balaban J connectivity index is 1.30. The summed E-state index contributed by atoms with van der Waals surface area (Å²) in [6.07, 6.45) is 0.918. The normalized spacial score (nSPS) is 11.6. The Morgan fingerprint density at radius 1 is 1.06 bits per heavy atom. The Morgan fingerprint density at radius 2 is 1.91 bits per heavy atom. The number of nitrogens with zero attached hydrogens (tertiary/aromatic N) is 4. The molecular formula is C26H27N5O2S. The van der Waals surface area contributed by atoms with Crippen LogP contribution in [0.1, 0.15) is 26.2 Å². The summed E-state index contributed by atoms with van der Waals surface area (Å²) in [5.41, 5.74) is 3.18. The van der Waals surface area contributed by atoms with Gasteiger partial charge in [-0.05, 0) is 55.6 Å². The molecule has 0 spiro atoms. The Kier molecular flexibility index (Phi) is 6.42. The van der Waals surface area contributed by atoms with Gasteiger partial charge < -0.3 is 14.3 Å². The second kappa shape index (κ2) is 9.79. The molecule has 0 unspecified atom stereocenters. The summed E-state index contributed by atoms with van der Waals surface area (Å²) in [5, 5.41) is 15.7. The van der Waals surface area contributed by atoms with Crippen molar-refractivity contribution in [3.63, 3.8) is 0 Å². The monoisotopic (exact) mass is 473 g/mol. The van der Waals surface area contributed by atoms with Crippen molar-refractivity contribution >= 4 is 44.7 Å². The van der Waals surface area contributed by atoms with Crippen LogP contribution in [0.5, 0.6) is 0 Å². The minimum Gasteiger partial charge on any atom is -0.419 e. The lowest BCUT2D eigenvalue weighted by Gasteiger charge is -2.19. The van der Waals surface area contributed by atoms with Gasteiger partial charge in [-0.15, -0.1) is 21.5 Å². The molecule has 0 bridgehead atoms. The molecule has 1 N–H and O–H groups in total. The number of carbonyl (C=O) groups excluding carboxylic acids is 1. The van der Waals surface area contributed by atoms with Crippen molar-refractivity contribution in [2.24, 2.45) is 0 Å². The Morgan fingerprint density at radius 3 is 2.71 bits per heavy atom. The zero-order chi connectivity index (χ0) is 23.5. The molecule has 3 heterocycles. The molecule has 3 aromatic heterocycles. The quantitative estimate of drug-likeness (QED) is 0.294. The van der Waals surface area contributed by atoms with Gasteiger partial charge in [0.1, 0.15) is 0 Å². The zero-order valence-corrected chi connectivity index (χ0v) is 20.1. The van der Waals surface area contributed by atoms with E-state index in [2.05, 4.69) is 70.3 Å². The van der Waals surface area contributed by atoms with Gasteiger partial charge in [0.2, 0.25) is 11.8 Å². The number of rotatable bonds is 9. The summed E-state index contributed by atoms with van der Waals surface area (Å²) in [4.78, 5) is 15.9. The molecule has 0 saturated carbocycles. The van der Waals surface area contributed by atoms with Crippen molar-refractivity contribution in [3.05, 3.63) is 65.9 Å². The summed E-state index contributed by atoms with van der Waals surface area (Å²) in [6.45, 7) is 6.57. The molecule has 7 nitrogen and oxygen atoms in total. The smallest absolute Gasteiger partial charge is 0.257 e. The number of amides is 1. The maximum Gasteiger partial charge on any atom is 0.257 e. The summed E-state index contributed by atoms with van der Waals surface area (Å²) < 4.78 is 8.12. The number of hydrogen-bond donors (Lipinski definition) is 1. The van der Waals surface area contributed by atoms with Crippen LogP contribution in [0, 0.1) is 0 Å². The van der Waals surface area contributed by atoms with Gasteiger partial charge in [0.15, 0.2) is 0 Å². The maximum atomic E-state index is 12.9. The molecule has 0 aliphatic rings. The molecule has 174 valence electrons. The van der Waals surface area contributed by atoms with E-state index in [1.165, 1.54) is 16.4 Å². The highest BCUT2D eigenvalue weighted by atomic mass is 32.1. The molecule has 0 aliphatic carbocycles. The summed E-state index contributed by atoms with van der Waals surface area (Å²) in [7, 11) is 0. The van der Waals surface area contributed by atoms with E-state index in [9.17, 15) is 4.79 Å². The number of nitrogens with one attached hydrogen (secondary N) is 1. The lowest BCUT2D eigenvalue weighted by molar-refractivity contribution is -0.117. The number of benzene rings is 2. The summed E-state index contributed by atoms with van der Waals surface area (Å²) in [6, 6.07) is 18.4. The van der Waals surface area contributed by atoms with Gasteiger partial charge in [0.05, 0.1) is 18.0 Å². The number of para-hydroxylation sites is 1. The highest BCUT2D eigenvalue weighted by molar-refractivity contribution is 7.13. The van der Waals surface area contributed by atoms with E-state index in [1.807, 2.05) is 28.5 Å². The van der Waals surface area contributed by atoms with E-state index in [1.54, 1.807) is 11.3 Å². The highest BCUT2D eigenvalue weighted by Crippen LogP contribution is 2.31. The van der Waals surface area contributed by atoms with Gasteiger partial charge in [-0.2, -0.15) is 0 Å². The molecule has 0 atom stereocenters. The molecule has 0 fully saturated rings. The molecular weight excluding hydrogens is 446 g/mol. The van der Waals surface area contributed by atoms with Crippen LogP contribution in [0.25, 0.3) is 32.6 Å². The molecule has 0 radical (unpaired) electrons. The molecule has 1 amide bonds. The van der Waals surface area contributed by atoms with Gasteiger partial charge >= 0.3 is 0 Å². The summed E-state index contributed by atoms with van der Waals surface area (Å²) >= 11 is 1.56. The molecule has 2 aromatic carbocycles. The molecule has 34 heavy (non-hydrogen) atoms. The first kappa shape index (κ1) is 22.3. The lowest BCUT2D eigenvalue weighted by Crippen LogP contribution is -2.33. The van der Waals surface area contributed by atoms with Crippen LogP contribution in [-0.2, 0) is 17.9 Å². The number of thiophene rings is 1. The van der Waals surface area contributed by atoms with Crippen molar-refractivity contribution in [1.82, 2.24) is 19.7 Å². The van der Waals surface area contributed by atoms with E-state index in [0.717, 1.165) is 35.5 Å². The topological polar surface area (TPSA) is 76.2 Å². The number of anilines is 1. The first-order chi connectivity index (χ1) is 16.7. The van der Waals surface area contributed by atoms with Crippen molar-refractivity contribution < 1.29 is 9.21 Å². The minimum atomic E-state index is -0.0648. The van der Waals surface area contributed by atoms with Crippen LogP contribution in [0.15, 0.2) is 64.4 Å². The average Bonchev–Trinajstić information content (AvgIpc) is 3.58. The predicted octanol–water partition coefficient (Wildman–Crippen LogP) is 5.78. The van der Waals surface area contributed by atoms with Crippen LogP contribution < -0.4 is 5.32 Å². The SMILES string of the molecule is CCCN(CC(=O)Nc1ccc2c(c1)c1ccccc1n2CC)Cc1nnc(-c2cccs2)o1. The van der Waals surface area contributed by atoms with Crippen molar-refractivity contribution in [3.8, 4) is 10.8 Å². The minimum absolute atomic E-state index is 0.0648. The number of aromatic nitrogens is 3. The fourth-order valence-corrected chi connectivity index (χ4v) is 5.06. The van der Waals surface area contributed by atoms with E-state index in [4.69, 9.17) is 4.42 Å². The second-order valence-corrected chi connectivity index (χ2v) is 9.18. The molecule has 0 aliphatic heterocycles. The number of hydrogen-bond acceptors (Lipinski definition) is 6. The number of aryl methyl sites for hydroxylation is 1. The van der Waals surface area contributed by atoms with Gasteiger partial charge in [-0.1, -0.05) is 31.2 Å². The molecule has 5 rings (SSSR count). The van der Waals surface area contributed by atoms with Crippen LogP contribution in [0.3, 0.4) is 0 Å². The van der Waals surface area contributed by atoms with Crippen LogP contribution in [0.4, 0.5) is 5.69 Å². The number of carbonyl (C=O) groups is 1. The number of fused-ring (bicyclic) bond motifs is 3. The zero-order valence-electron chi connectivity index (χ0n) is 19.3. The van der Waals surface area contributed by atoms with Crippen molar-refractivity contribution in [2.45, 2.75) is 33.4 Å². The third-order valence-electron chi connectivity index (χ3n) is 5.84. The van der Waals surface area contributed by atoms with Crippen molar-refractivity contribution in [2.75, 3.05) is 18.4 Å². The fraction of sp³-hybridized carbons (Fsp3) is 0.269.